The van der Waals surface area contributed by atoms with E-state index in [0.717, 1.165) is 12.1 Å². The molecule has 1 aromatic heterocycles. The Kier molecular flexibility index (Phi) is 5.82. The predicted molar refractivity (Wildman–Crippen MR) is 75.1 cm³/mol. The second kappa shape index (κ2) is 7.13. The van der Waals surface area contributed by atoms with Gasteiger partial charge in [-0.1, -0.05) is 13.8 Å². The highest BCUT2D eigenvalue weighted by atomic mass is 16.3. The van der Waals surface area contributed by atoms with Crippen molar-refractivity contribution in [3.8, 4) is 0 Å². The van der Waals surface area contributed by atoms with Crippen LogP contribution in [0, 0.1) is 5.92 Å². The van der Waals surface area contributed by atoms with Gasteiger partial charge >= 0.3 is 6.03 Å². The van der Waals surface area contributed by atoms with Gasteiger partial charge in [-0.05, 0) is 25.7 Å². The summed E-state index contributed by atoms with van der Waals surface area (Å²) in [4.78, 5) is 11.7. The van der Waals surface area contributed by atoms with Crippen molar-refractivity contribution in [3.05, 3.63) is 11.8 Å². The van der Waals surface area contributed by atoms with Gasteiger partial charge in [-0.15, -0.1) is 0 Å². The van der Waals surface area contributed by atoms with E-state index < -0.39 is 0 Å². The molecule has 1 rings (SSSR count). The summed E-state index contributed by atoms with van der Waals surface area (Å²) in [6.07, 6.45) is 1.16. The highest BCUT2D eigenvalue weighted by molar-refractivity contribution is 5.88. The molecule has 2 atom stereocenters. The Morgan fingerprint density at radius 1 is 1.53 bits per heavy atom. The lowest BCUT2D eigenvalue weighted by molar-refractivity contribution is 0.163. The van der Waals surface area contributed by atoms with Crippen molar-refractivity contribution in [1.29, 1.82) is 0 Å². The topological polar surface area (TPSA) is 79.2 Å². The van der Waals surface area contributed by atoms with Crippen molar-refractivity contribution < 1.29 is 9.90 Å². The highest BCUT2D eigenvalue weighted by Gasteiger charge is 2.10. The molecule has 1 heterocycles. The first kappa shape index (κ1) is 15.5. The summed E-state index contributed by atoms with van der Waals surface area (Å²) in [6.45, 7) is 6.30. The Morgan fingerprint density at radius 3 is 2.74 bits per heavy atom. The van der Waals surface area contributed by atoms with Gasteiger partial charge in [0.2, 0.25) is 0 Å². The molecule has 0 aliphatic heterocycles. The van der Waals surface area contributed by atoms with Gasteiger partial charge in [0.05, 0.1) is 11.8 Å². The minimum Gasteiger partial charge on any atom is -0.393 e. The molecule has 108 valence electrons. The van der Waals surface area contributed by atoms with Gasteiger partial charge in [-0.3, -0.25) is 10.00 Å². The molecule has 0 aliphatic rings. The lowest BCUT2D eigenvalue weighted by atomic mass is 10.1. The zero-order valence-corrected chi connectivity index (χ0v) is 12.1. The molecule has 0 radical (unpaired) electrons. The van der Waals surface area contributed by atoms with Gasteiger partial charge in [0.1, 0.15) is 5.82 Å². The smallest absolute Gasteiger partial charge is 0.320 e. The number of aliphatic hydroxyl groups is 1. The number of amides is 2. The van der Waals surface area contributed by atoms with E-state index in [1.165, 1.54) is 0 Å². The molecule has 3 N–H and O–H groups in total. The fraction of sp³-hybridized carbons (Fsp3) is 0.692. The van der Waals surface area contributed by atoms with Crippen molar-refractivity contribution in [2.24, 2.45) is 13.0 Å². The van der Waals surface area contributed by atoms with Crippen LogP contribution in [0.25, 0.3) is 0 Å². The fourth-order valence-corrected chi connectivity index (χ4v) is 1.91. The van der Waals surface area contributed by atoms with E-state index in [-0.39, 0.29) is 18.1 Å². The summed E-state index contributed by atoms with van der Waals surface area (Å²) in [5.74, 6) is 0.918. The molecule has 2 amide bonds. The van der Waals surface area contributed by atoms with Crippen LogP contribution in [0.2, 0.25) is 0 Å². The number of aromatic nitrogens is 2. The first-order chi connectivity index (χ1) is 8.92. The zero-order valence-electron chi connectivity index (χ0n) is 12.1. The minimum atomic E-state index is -0.343. The van der Waals surface area contributed by atoms with Crippen LogP contribution in [0.1, 0.15) is 32.9 Å². The molecule has 0 spiro atoms. The molecule has 19 heavy (non-hydrogen) atoms. The van der Waals surface area contributed by atoms with E-state index in [9.17, 15) is 9.90 Å². The summed E-state index contributed by atoms with van der Waals surface area (Å²) in [5, 5.41) is 19.1. The van der Waals surface area contributed by atoms with Crippen LogP contribution < -0.4 is 10.6 Å². The summed E-state index contributed by atoms with van der Waals surface area (Å²) in [7, 11) is 1.80. The number of hydrogen-bond donors (Lipinski definition) is 3. The molecule has 0 saturated heterocycles. The molecule has 6 nitrogen and oxygen atoms in total. The maximum Gasteiger partial charge on any atom is 0.320 e. The Morgan fingerprint density at radius 2 is 2.21 bits per heavy atom. The SMILES string of the molecule is CCc1cc(NC(=O)NCC(C)CC(C)O)n(C)n1. The van der Waals surface area contributed by atoms with E-state index in [1.807, 2.05) is 19.9 Å². The highest BCUT2D eigenvalue weighted by Crippen LogP contribution is 2.09. The summed E-state index contributed by atoms with van der Waals surface area (Å²) < 4.78 is 1.65. The van der Waals surface area contributed by atoms with Gasteiger partial charge in [-0.2, -0.15) is 5.10 Å². The fourth-order valence-electron chi connectivity index (χ4n) is 1.91. The van der Waals surface area contributed by atoms with Crippen molar-refractivity contribution in [2.45, 2.75) is 39.7 Å². The van der Waals surface area contributed by atoms with Crippen LogP contribution in [-0.4, -0.2) is 33.6 Å². The van der Waals surface area contributed by atoms with Crippen LogP contribution >= 0.6 is 0 Å². The molecule has 1 aromatic rings. The maximum absolute atomic E-state index is 11.7. The van der Waals surface area contributed by atoms with Crippen LogP contribution in [0.15, 0.2) is 6.07 Å². The van der Waals surface area contributed by atoms with E-state index in [2.05, 4.69) is 15.7 Å². The number of nitrogens with one attached hydrogen (secondary N) is 2. The maximum atomic E-state index is 11.7. The predicted octanol–water partition coefficient (Wildman–Crippen LogP) is 1.51. The molecule has 0 aliphatic carbocycles. The Labute approximate surface area is 114 Å². The zero-order chi connectivity index (χ0) is 14.4. The molecule has 6 heteroatoms. The van der Waals surface area contributed by atoms with E-state index in [0.29, 0.717) is 18.8 Å². The Hall–Kier alpha value is -1.56. The third kappa shape index (κ3) is 5.30. The van der Waals surface area contributed by atoms with Crippen LogP contribution in [0.4, 0.5) is 10.6 Å². The van der Waals surface area contributed by atoms with Crippen LogP contribution in [-0.2, 0) is 13.5 Å². The number of carbonyl (C=O) groups is 1. The number of anilines is 1. The third-order valence-electron chi connectivity index (χ3n) is 2.89. The molecule has 2 unspecified atom stereocenters. The monoisotopic (exact) mass is 268 g/mol. The summed E-state index contributed by atoms with van der Waals surface area (Å²) in [5.41, 5.74) is 0.945. The molecule has 0 aromatic carbocycles. The Bertz CT molecular complexity index is 415. The van der Waals surface area contributed by atoms with Crippen LogP contribution in [0.3, 0.4) is 0 Å². The molecule has 0 fully saturated rings. The standard InChI is InChI=1S/C13H24N4O2/c1-5-11-7-12(17(4)16-11)15-13(19)14-8-9(2)6-10(3)18/h7,9-10,18H,5-6,8H2,1-4H3,(H2,14,15,19). The molecular formula is C13H24N4O2. The van der Waals surface area contributed by atoms with Crippen molar-refractivity contribution in [3.63, 3.8) is 0 Å². The number of aryl methyl sites for hydroxylation is 2. The number of aliphatic hydroxyl groups excluding tert-OH is 1. The third-order valence-corrected chi connectivity index (χ3v) is 2.89. The minimum absolute atomic E-state index is 0.239. The van der Waals surface area contributed by atoms with E-state index in [4.69, 9.17) is 0 Å². The van der Waals surface area contributed by atoms with E-state index >= 15 is 0 Å². The Balaban J connectivity index is 2.40. The first-order valence-electron chi connectivity index (χ1n) is 6.68. The number of urea groups is 1. The second-order valence-electron chi connectivity index (χ2n) is 5.02. The van der Waals surface area contributed by atoms with Gasteiger partial charge in [0, 0.05) is 19.7 Å². The van der Waals surface area contributed by atoms with E-state index in [1.54, 1.807) is 18.7 Å². The largest absolute Gasteiger partial charge is 0.393 e. The second-order valence-corrected chi connectivity index (χ2v) is 5.02. The number of nitrogens with zero attached hydrogens (tertiary/aromatic N) is 2. The number of hydrogen-bond acceptors (Lipinski definition) is 3. The van der Waals surface area contributed by atoms with Crippen molar-refractivity contribution in [1.82, 2.24) is 15.1 Å². The first-order valence-corrected chi connectivity index (χ1v) is 6.68. The van der Waals surface area contributed by atoms with Crippen molar-refractivity contribution >= 4 is 11.8 Å². The number of carbonyl (C=O) groups excluding carboxylic acids is 1. The summed E-state index contributed by atoms with van der Waals surface area (Å²) >= 11 is 0. The lowest BCUT2D eigenvalue weighted by Crippen LogP contribution is -2.33. The normalized spacial score (nSPS) is 13.9. The van der Waals surface area contributed by atoms with Gasteiger partial charge in [0.25, 0.3) is 0 Å². The van der Waals surface area contributed by atoms with Crippen LogP contribution in [0.5, 0.6) is 0 Å². The lowest BCUT2D eigenvalue weighted by Gasteiger charge is -2.14. The average molecular weight is 268 g/mol. The van der Waals surface area contributed by atoms with Crippen molar-refractivity contribution in [2.75, 3.05) is 11.9 Å². The number of rotatable bonds is 6. The average Bonchev–Trinajstić information content (AvgIpc) is 2.67. The van der Waals surface area contributed by atoms with Gasteiger partial charge in [-0.25, -0.2) is 4.79 Å². The van der Waals surface area contributed by atoms with Gasteiger partial charge < -0.3 is 10.4 Å². The molecule has 0 saturated carbocycles. The molecule has 0 bridgehead atoms. The molecular weight excluding hydrogens is 244 g/mol. The van der Waals surface area contributed by atoms with Gasteiger partial charge in [0.15, 0.2) is 0 Å². The quantitative estimate of drug-likeness (QED) is 0.731. The summed E-state index contributed by atoms with van der Waals surface area (Å²) in [6, 6.07) is 1.61.